The first kappa shape index (κ1) is 9.90. The Labute approximate surface area is 79.7 Å². The fraction of sp³-hybridized carbons (Fsp3) is 0.889. The molecule has 0 radical (unpaired) electrons. The first-order valence-corrected chi connectivity index (χ1v) is 5.17. The van der Waals surface area contributed by atoms with Crippen LogP contribution in [0.1, 0.15) is 20.3 Å². The lowest BCUT2D eigenvalue weighted by Gasteiger charge is -2.16. The van der Waals surface area contributed by atoms with Gasteiger partial charge >= 0.3 is 0 Å². The Balaban J connectivity index is 2.44. The SMILES string of the molecule is CC(C)C1CC(=O)N(CCS)C1. The summed E-state index contributed by atoms with van der Waals surface area (Å²) in [5, 5.41) is 0. The summed E-state index contributed by atoms with van der Waals surface area (Å²) in [7, 11) is 0. The molecule has 1 aliphatic rings. The molecule has 0 bridgehead atoms. The summed E-state index contributed by atoms with van der Waals surface area (Å²) in [6.45, 7) is 6.12. The Hall–Kier alpha value is -0.180. The van der Waals surface area contributed by atoms with E-state index in [0.717, 1.165) is 25.3 Å². The van der Waals surface area contributed by atoms with Crippen molar-refractivity contribution in [2.45, 2.75) is 20.3 Å². The number of hydrogen-bond acceptors (Lipinski definition) is 2. The van der Waals surface area contributed by atoms with E-state index in [1.165, 1.54) is 0 Å². The molecule has 3 heteroatoms. The number of likely N-dealkylation sites (tertiary alicyclic amines) is 1. The molecule has 1 rings (SSSR count). The number of hydrogen-bond donors (Lipinski definition) is 1. The average Bonchev–Trinajstić information content (AvgIpc) is 2.34. The van der Waals surface area contributed by atoms with Crippen molar-refractivity contribution in [3.8, 4) is 0 Å². The van der Waals surface area contributed by atoms with Crippen LogP contribution in [-0.2, 0) is 4.79 Å². The summed E-state index contributed by atoms with van der Waals surface area (Å²) in [5.74, 6) is 2.27. The molecule has 1 atom stereocenters. The van der Waals surface area contributed by atoms with Crippen molar-refractivity contribution in [1.29, 1.82) is 0 Å². The zero-order chi connectivity index (χ0) is 9.14. The van der Waals surface area contributed by atoms with Crippen LogP contribution < -0.4 is 0 Å². The molecule has 0 spiro atoms. The lowest BCUT2D eigenvalue weighted by atomic mass is 9.95. The lowest BCUT2D eigenvalue weighted by molar-refractivity contribution is -0.127. The van der Waals surface area contributed by atoms with Gasteiger partial charge in [-0.05, 0) is 11.8 Å². The Bertz CT molecular complexity index is 170. The molecule has 1 heterocycles. The highest BCUT2D eigenvalue weighted by molar-refractivity contribution is 7.80. The van der Waals surface area contributed by atoms with Gasteiger partial charge in [-0.2, -0.15) is 12.6 Å². The van der Waals surface area contributed by atoms with Crippen LogP contribution in [0.25, 0.3) is 0 Å². The van der Waals surface area contributed by atoms with E-state index in [-0.39, 0.29) is 0 Å². The van der Waals surface area contributed by atoms with Crippen LogP contribution in [0.5, 0.6) is 0 Å². The van der Waals surface area contributed by atoms with Crippen LogP contribution in [0.3, 0.4) is 0 Å². The molecule has 1 aliphatic heterocycles. The van der Waals surface area contributed by atoms with Gasteiger partial charge in [0, 0.05) is 25.3 Å². The zero-order valence-corrected chi connectivity index (χ0v) is 8.68. The molecule has 0 aromatic carbocycles. The second-order valence-corrected chi connectivity index (χ2v) is 4.22. The number of nitrogens with zero attached hydrogens (tertiary/aromatic N) is 1. The zero-order valence-electron chi connectivity index (χ0n) is 7.79. The minimum absolute atomic E-state index is 0.308. The van der Waals surface area contributed by atoms with Crippen molar-refractivity contribution >= 4 is 18.5 Å². The average molecular weight is 187 g/mol. The van der Waals surface area contributed by atoms with Gasteiger partial charge in [0.15, 0.2) is 0 Å². The first-order valence-electron chi connectivity index (χ1n) is 4.53. The van der Waals surface area contributed by atoms with Gasteiger partial charge < -0.3 is 4.90 Å². The van der Waals surface area contributed by atoms with Crippen molar-refractivity contribution in [2.75, 3.05) is 18.8 Å². The Morgan fingerprint density at radius 1 is 1.67 bits per heavy atom. The van der Waals surface area contributed by atoms with E-state index >= 15 is 0 Å². The third-order valence-corrected chi connectivity index (χ3v) is 2.76. The normalized spacial score (nSPS) is 24.2. The van der Waals surface area contributed by atoms with Gasteiger partial charge in [-0.15, -0.1) is 0 Å². The molecule has 1 fully saturated rings. The van der Waals surface area contributed by atoms with Crippen LogP contribution in [0.2, 0.25) is 0 Å². The van der Waals surface area contributed by atoms with Crippen LogP contribution in [0.4, 0.5) is 0 Å². The largest absolute Gasteiger partial charge is 0.342 e. The standard InChI is InChI=1S/C9H17NOS/c1-7(2)8-5-9(11)10(6-8)3-4-12/h7-8,12H,3-6H2,1-2H3. The number of thiol groups is 1. The van der Waals surface area contributed by atoms with Gasteiger partial charge in [-0.25, -0.2) is 0 Å². The van der Waals surface area contributed by atoms with E-state index in [2.05, 4.69) is 26.5 Å². The predicted molar refractivity (Wildman–Crippen MR) is 53.4 cm³/mol. The second-order valence-electron chi connectivity index (χ2n) is 3.77. The van der Waals surface area contributed by atoms with Crippen LogP contribution >= 0.6 is 12.6 Å². The molecule has 0 saturated carbocycles. The molecule has 70 valence electrons. The molecule has 2 nitrogen and oxygen atoms in total. The molecular formula is C9H17NOS. The minimum atomic E-state index is 0.308. The number of carbonyl (C=O) groups is 1. The summed E-state index contributed by atoms with van der Waals surface area (Å²) in [6.07, 6.45) is 0.742. The molecule has 12 heavy (non-hydrogen) atoms. The highest BCUT2D eigenvalue weighted by Crippen LogP contribution is 2.24. The van der Waals surface area contributed by atoms with E-state index in [1.807, 2.05) is 4.90 Å². The van der Waals surface area contributed by atoms with Crippen LogP contribution in [-0.4, -0.2) is 29.6 Å². The molecule has 0 aliphatic carbocycles. The van der Waals surface area contributed by atoms with Gasteiger partial charge in [0.05, 0.1) is 0 Å². The molecular weight excluding hydrogens is 170 g/mol. The second kappa shape index (κ2) is 4.17. The predicted octanol–water partition coefficient (Wildman–Crippen LogP) is 1.42. The van der Waals surface area contributed by atoms with E-state index < -0.39 is 0 Å². The number of carbonyl (C=O) groups excluding carboxylic acids is 1. The molecule has 1 amide bonds. The van der Waals surface area contributed by atoms with Crippen molar-refractivity contribution in [1.82, 2.24) is 4.90 Å². The van der Waals surface area contributed by atoms with Crippen molar-refractivity contribution in [3.05, 3.63) is 0 Å². The maximum atomic E-state index is 11.4. The van der Waals surface area contributed by atoms with Gasteiger partial charge in [0.1, 0.15) is 0 Å². The van der Waals surface area contributed by atoms with E-state index in [0.29, 0.717) is 17.7 Å². The third-order valence-electron chi connectivity index (χ3n) is 2.56. The minimum Gasteiger partial charge on any atom is -0.342 e. The summed E-state index contributed by atoms with van der Waals surface area (Å²) >= 11 is 4.12. The molecule has 0 N–H and O–H groups in total. The first-order chi connectivity index (χ1) is 5.65. The van der Waals surface area contributed by atoms with Crippen molar-refractivity contribution in [3.63, 3.8) is 0 Å². The maximum absolute atomic E-state index is 11.4. The summed E-state index contributed by atoms with van der Waals surface area (Å²) in [6, 6.07) is 0. The quantitative estimate of drug-likeness (QED) is 0.663. The van der Waals surface area contributed by atoms with E-state index in [9.17, 15) is 4.79 Å². The van der Waals surface area contributed by atoms with Gasteiger partial charge in [-0.3, -0.25) is 4.79 Å². The van der Waals surface area contributed by atoms with E-state index in [4.69, 9.17) is 0 Å². The Kier molecular flexibility index (Phi) is 3.44. The summed E-state index contributed by atoms with van der Waals surface area (Å²) in [5.41, 5.74) is 0. The Morgan fingerprint density at radius 3 is 2.75 bits per heavy atom. The fourth-order valence-corrected chi connectivity index (χ4v) is 1.83. The van der Waals surface area contributed by atoms with Crippen LogP contribution in [0.15, 0.2) is 0 Å². The fourth-order valence-electron chi connectivity index (χ4n) is 1.59. The van der Waals surface area contributed by atoms with Gasteiger partial charge in [0.2, 0.25) is 5.91 Å². The molecule has 1 unspecified atom stereocenters. The van der Waals surface area contributed by atoms with Gasteiger partial charge in [-0.1, -0.05) is 13.8 Å². The highest BCUT2D eigenvalue weighted by atomic mass is 32.1. The molecule has 0 aromatic heterocycles. The Morgan fingerprint density at radius 2 is 2.33 bits per heavy atom. The highest BCUT2D eigenvalue weighted by Gasteiger charge is 2.30. The van der Waals surface area contributed by atoms with E-state index in [1.54, 1.807) is 0 Å². The topological polar surface area (TPSA) is 20.3 Å². The van der Waals surface area contributed by atoms with Crippen LogP contribution in [0, 0.1) is 11.8 Å². The smallest absolute Gasteiger partial charge is 0.222 e. The number of rotatable bonds is 3. The monoisotopic (exact) mass is 187 g/mol. The third kappa shape index (κ3) is 2.16. The van der Waals surface area contributed by atoms with Crippen molar-refractivity contribution < 1.29 is 4.79 Å². The summed E-state index contributed by atoms with van der Waals surface area (Å²) < 4.78 is 0. The number of amides is 1. The maximum Gasteiger partial charge on any atom is 0.222 e. The summed E-state index contributed by atoms with van der Waals surface area (Å²) in [4.78, 5) is 13.3. The van der Waals surface area contributed by atoms with Gasteiger partial charge in [0.25, 0.3) is 0 Å². The lowest BCUT2D eigenvalue weighted by Crippen LogP contribution is -2.27. The molecule has 1 saturated heterocycles. The molecule has 0 aromatic rings. The van der Waals surface area contributed by atoms with Crippen molar-refractivity contribution in [2.24, 2.45) is 11.8 Å².